The molecule has 0 radical (unpaired) electrons. The predicted molar refractivity (Wildman–Crippen MR) is 90.6 cm³/mol. The van der Waals surface area contributed by atoms with Gasteiger partial charge in [0.1, 0.15) is 15.6 Å². The molecule has 1 amide bonds. The highest BCUT2D eigenvalue weighted by atomic mass is 32.1. The van der Waals surface area contributed by atoms with Gasteiger partial charge in [0, 0.05) is 12.1 Å². The van der Waals surface area contributed by atoms with Gasteiger partial charge < -0.3 is 10.1 Å². The molecule has 0 spiro atoms. The van der Waals surface area contributed by atoms with Crippen LogP contribution < -0.4 is 10.1 Å². The van der Waals surface area contributed by atoms with Crippen molar-refractivity contribution < 1.29 is 9.53 Å². The molecule has 0 saturated carbocycles. The first kappa shape index (κ1) is 16.5. The Morgan fingerprint density at radius 1 is 1.32 bits per heavy atom. The van der Waals surface area contributed by atoms with E-state index in [1.165, 1.54) is 11.3 Å². The largest absolute Gasteiger partial charge is 0.494 e. The van der Waals surface area contributed by atoms with Crippen molar-refractivity contribution in [3.63, 3.8) is 0 Å². The molecule has 1 heterocycles. The lowest BCUT2D eigenvalue weighted by Gasteiger charge is -2.06. The third-order valence-electron chi connectivity index (χ3n) is 3.09. The van der Waals surface area contributed by atoms with Gasteiger partial charge in [-0.15, -0.1) is 11.3 Å². The zero-order chi connectivity index (χ0) is 16.1. The van der Waals surface area contributed by atoms with Crippen molar-refractivity contribution in [1.29, 1.82) is 0 Å². The Bertz CT molecular complexity index is 633. The van der Waals surface area contributed by atoms with Crippen molar-refractivity contribution in [1.82, 2.24) is 10.3 Å². The molecule has 0 fully saturated rings. The quantitative estimate of drug-likeness (QED) is 0.878. The minimum Gasteiger partial charge on any atom is -0.494 e. The number of amides is 1. The Balaban J connectivity index is 2.16. The molecule has 5 heteroatoms. The van der Waals surface area contributed by atoms with Crippen LogP contribution in [0.5, 0.6) is 5.75 Å². The maximum absolute atomic E-state index is 12.2. The molecule has 1 aromatic carbocycles. The monoisotopic (exact) mass is 318 g/mol. The van der Waals surface area contributed by atoms with E-state index >= 15 is 0 Å². The van der Waals surface area contributed by atoms with E-state index in [1.807, 2.05) is 38.1 Å². The molecule has 0 aliphatic heterocycles. The summed E-state index contributed by atoms with van der Waals surface area (Å²) in [5.41, 5.74) is 1.77. The molecule has 1 N–H and O–H groups in total. The lowest BCUT2D eigenvalue weighted by atomic mass is 10.2. The minimum atomic E-state index is -0.0408. The van der Waals surface area contributed by atoms with E-state index in [1.54, 1.807) is 0 Å². The molecule has 2 rings (SSSR count). The van der Waals surface area contributed by atoms with Crippen LogP contribution in [0.1, 0.15) is 36.1 Å². The number of benzene rings is 1. The smallest absolute Gasteiger partial charge is 0.263 e. The fraction of sp³-hybridized carbons (Fsp3) is 0.412. The molecule has 2 aromatic rings. The molecule has 0 unspecified atom stereocenters. The zero-order valence-electron chi connectivity index (χ0n) is 13.5. The SMILES string of the molecule is CCOc1ccc(-c2nc(C)c(C(=O)NCC(C)C)s2)cc1. The Morgan fingerprint density at radius 2 is 2.00 bits per heavy atom. The summed E-state index contributed by atoms with van der Waals surface area (Å²) >= 11 is 1.43. The second-order valence-corrected chi connectivity index (χ2v) is 6.49. The second kappa shape index (κ2) is 7.40. The van der Waals surface area contributed by atoms with Gasteiger partial charge in [0.05, 0.1) is 12.3 Å². The maximum atomic E-state index is 12.2. The van der Waals surface area contributed by atoms with Crippen LogP contribution in [0, 0.1) is 12.8 Å². The van der Waals surface area contributed by atoms with Gasteiger partial charge in [-0.05, 0) is 44.0 Å². The molecule has 118 valence electrons. The van der Waals surface area contributed by atoms with E-state index < -0.39 is 0 Å². The number of carbonyl (C=O) groups is 1. The number of hydrogen-bond acceptors (Lipinski definition) is 4. The van der Waals surface area contributed by atoms with Crippen molar-refractivity contribution in [2.45, 2.75) is 27.7 Å². The number of nitrogens with one attached hydrogen (secondary N) is 1. The number of thiazole rings is 1. The lowest BCUT2D eigenvalue weighted by Crippen LogP contribution is -2.27. The molecular weight excluding hydrogens is 296 g/mol. The maximum Gasteiger partial charge on any atom is 0.263 e. The molecule has 1 aromatic heterocycles. The Hall–Kier alpha value is -1.88. The van der Waals surface area contributed by atoms with E-state index in [4.69, 9.17) is 4.74 Å². The van der Waals surface area contributed by atoms with Gasteiger partial charge in [0.2, 0.25) is 0 Å². The Labute approximate surface area is 135 Å². The van der Waals surface area contributed by atoms with Gasteiger partial charge in [0.15, 0.2) is 0 Å². The molecule has 0 saturated heterocycles. The average molecular weight is 318 g/mol. The first-order valence-corrected chi connectivity index (χ1v) is 8.31. The van der Waals surface area contributed by atoms with Gasteiger partial charge in [-0.3, -0.25) is 4.79 Å². The highest BCUT2D eigenvalue weighted by molar-refractivity contribution is 7.17. The average Bonchev–Trinajstić information content (AvgIpc) is 2.88. The van der Waals surface area contributed by atoms with E-state index in [2.05, 4.69) is 24.1 Å². The predicted octanol–water partition coefficient (Wildman–Crippen LogP) is 3.90. The molecular formula is C17H22N2O2S. The van der Waals surface area contributed by atoms with Gasteiger partial charge >= 0.3 is 0 Å². The number of aromatic nitrogens is 1. The van der Waals surface area contributed by atoms with Crippen LogP contribution in [-0.4, -0.2) is 24.0 Å². The van der Waals surface area contributed by atoms with Gasteiger partial charge in [-0.25, -0.2) is 4.98 Å². The van der Waals surface area contributed by atoms with Crippen LogP contribution >= 0.6 is 11.3 Å². The molecule has 0 aliphatic carbocycles. The van der Waals surface area contributed by atoms with Crippen LogP contribution in [0.2, 0.25) is 0 Å². The van der Waals surface area contributed by atoms with E-state index in [0.29, 0.717) is 23.9 Å². The number of rotatable bonds is 6. The third kappa shape index (κ3) is 4.07. The summed E-state index contributed by atoms with van der Waals surface area (Å²) in [5, 5.41) is 3.80. The summed E-state index contributed by atoms with van der Waals surface area (Å²) in [6.45, 7) is 9.31. The summed E-state index contributed by atoms with van der Waals surface area (Å²) in [7, 11) is 0. The molecule has 0 atom stereocenters. The highest BCUT2D eigenvalue weighted by Crippen LogP contribution is 2.29. The van der Waals surface area contributed by atoms with Crippen LogP contribution in [0.15, 0.2) is 24.3 Å². The Kier molecular flexibility index (Phi) is 5.55. The van der Waals surface area contributed by atoms with Gasteiger partial charge in [-0.1, -0.05) is 13.8 Å². The summed E-state index contributed by atoms with van der Waals surface area (Å²) in [4.78, 5) is 17.4. The topological polar surface area (TPSA) is 51.2 Å². The summed E-state index contributed by atoms with van der Waals surface area (Å²) in [6, 6.07) is 7.79. The fourth-order valence-corrected chi connectivity index (χ4v) is 2.96. The number of hydrogen-bond donors (Lipinski definition) is 1. The fourth-order valence-electron chi connectivity index (χ4n) is 1.97. The molecule has 0 bridgehead atoms. The van der Waals surface area contributed by atoms with Crippen molar-refractivity contribution in [2.75, 3.05) is 13.2 Å². The van der Waals surface area contributed by atoms with Gasteiger partial charge in [0.25, 0.3) is 5.91 Å². The van der Waals surface area contributed by atoms with E-state index in [0.717, 1.165) is 22.0 Å². The first-order valence-electron chi connectivity index (χ1n) is 7.50. The van der Waals surface area contributed by atoms with Crippen molar-refractivity contribution in [2.24, 2.45) is 5.92 Å². The standard InChI is InChI=1S/C17H22N2O2S/c1-5-21-14-8-6-13(7-9-14)17-19-12(4)15(22-17)16(20)18-10-11(2)3/h6-9,11H,5,10H2,1-4H3,(H,18,20). The molecule has 0 aliphatic rings. The number of carbonyl (C=O) groups excluding carboxylic acids is 1. The van der Waals surface area contributed by atoms with Crippen LogP contribution in [0.3, 0.4) is 0 Å². The van der Waals surface area contributed by atoms with E-state index in [-0.39, 0.29) is 5.91 Å². The highest BCUT2D eigenvalue weighted by Gasteiger charge is 2.16. The van der Waals surface area contributed by atoms with Crippen molar-refractivity contribution >= 4 is 17.2 Å². The number of nitrogens with zero attached hydrogens (tertiary/aromatic N) is 1. The third-order valence-corrected chi connectivity index (χ3v) is 4.29. The number of aryl methyl sites for hydroxylation is 1. The van der Waals surface area contributed by atoms with Crippen LogP contribution in [0.4, 0.5) is 0 Å². The molecule has 22 heavy (non-hydrogen) atoms. The molecule has 4 nitrogen and oxygen atoms in total. The van der Waals surface area contributed by atoms with E-state index in [9.17, 15) is 4.79 Å². The summed E-state index contributed by atoms with van der Waals surface area (Å²) < 4.78 is 5.44. The lowest BCUT2D eigenvalue weighted by molar-refractivity contribution is 0.0952. The van der Waals surface area contributed by atoms with Gasteiger partial charge in [-0.2, -0.15) is 0 Å². The van der Waals surface area contributed by atoms with Crippen LogP contribution in [-0.2, 0) is 0 Å². The van der Waals surface area contributed by atoms with Crippen LogP contribution in [0.25, 0.3) is 10.6 Å². The van der Waals surface area contributed by atoms with Crippen molar-refractivity contribution in [3.05, 3.63) is 34.8 Å². The normalized spacial score (nSPS) is 10.8. The first-order chi connectivity index (χ1) is 10.5. The Morgan fingerprint density at radius 3 is 2.59 bits per heavy atom. The zero-order valence-corrected chi connectivity index (χ0v) is 14.3. The summed E-state index contributed by atoms with van der Waals surface area (Å²) in [5.74, 6) is 1.23. The number of ether oxygens (including phenoxy) is 1. The van der Waals surface area contributed by atoms with Crippen molar-refractivity contribution in [3.8, 4) is 16.3 Å². The summed E-state index contributed by atoms with van der Waals surface area (Å²) in [6.07, 6.45) is 0. The minimum absolute atomic E-state index is 0.0408. The second-order valence-electron chi connectivity index (χ2n) is 5.49.